The van der Waals surface area contributed by atoms with Crippen molar-refractivity contribution >= 4 is 0 Å². The lowest BCUT2D eigenvalue weighted by Crippen LogP contribution is -2.43. The highest BCUT2D eigenvalue weighted by Crippen LogP contribution is 2.51. The van der Waals surface area contributed by atoms with Gasteiger partial charge in [-0.1, -0.05) is 63.8 Å². The molecule has 1 N–H and O–H groups in total. The molecule has 1 aromatic rings. The molecule has 0 amide bonds. The third-order valence-electron chi connectivity index (χ3n) is 5.96. The molecule has 1 saturated carbocycles. The van der Waals surface area contributed by atoms with Gasteiger partial charge in [-0.25, -0.2) is 0 Å². The van der Waals surface area contributed by atoms with Gasteiger partial charge in [0.2, 0.25) is 0 Å². The van der Waals surface area contributed by atoms with Crippen LogP contribution in [0.4, 0.5) is 0 Å². The molecule has 3 rings (SSSR count). The summed E-state index contributed by atoms with van der Waals surface area (Å²) in [4.78, 5) is 0. The quantitative estimate of drug-likeness (QED) is 0.804. The lowest BCUT2D eigenvalue weighted by molar-refractivity contribution is -0.0783. The van der Waals surface area contributed by atoms with E-state index in [0.717, 1.165) is 12.8 Å². The van der Waals surface area contributed by atoms with Crippen LogP contribution in [-0.4, -0.2) is 5.11 Å². The first-order valence-corrected chi connectivity index (χ1v) is 8.48. The molecule has 20 heavy (non-hydrogen) atoms. The van der Waals surface area contributed by atoms with Gasteiger partial charge in [-0.15, -0.1) is 0 Å². The Balaban J connectivity index is 2.01. The highest BCUT2D eigenvalue weighted by molar-refractivity contribution is 5.38. The summed E-state index contributed by atoms with van der Waals surface area (Å²) in [5, 5.41) is 11.6. The molecule has 1 fully saturated rings. The maximum atomic E-state index is 11.6. The highest BCUT2D eigenvalue weighted by atomic mass is 16.3. The van der Waals surface area contributed by atoms with Crippen molar-refractivity contribution in [3.8, 4) is 0 Å². The van der Waals surface area contributed by atoms with Crippen LogP contribution in [0.1, 0.15) is 75.8 Å². The van der Waals surface area contributed by atoms with Gasteiger partial charge in [0, 0.05) is 0 Å². The Morgan fingerprint density at radius 2 is 1.90 bits per heavy atom. The number of rotatable bonds is 2. The van der Waals surface area contributed by atoms with E-state index >= 15 is 0 Å². The maximum Gasteiger partial charge on any atom is 0.0930 e. The Hall–Kier alpha value is -0.820. The molecule has 110 valence electrons. The molecule has 0 spiro atoms. The van der Waals surface area contributed by atoms with Crippen LogP contribution >= 0.6 is 0 Å². The van der Waals surface area contributed by atoms with Crippen LogP contribution in [0.25, 0.3) is 0 Å². The van der Waals surface area contributed by atoms with E-state index in [0.29, 0.717) is 17.8 Å². The lowest BCUT2D eigenvalue weighted by atomic mass is 9.61. The standard InChI is InChI=1S/C19H28O/c1-3-15-8-4-6-10-17(15)19(20)13-12-14(2)16-9-5-7-11-18(16)19/h5,7,9,11,14-15,17,20H,3-4,6,8,10,12-13H2,1-2H3. The number of hydrogen-bond donors (Lipinski definition) is 1. The van der Waals surface area contributed by atoms with Crippen LogP contribution in [0, 0.1) is 11.8 Å². The van der Waals surface area contributed by atoms with Crippen LogP contribution in [-0.2, 0) is 5.60 Å². The minimum absolute atomic E-state index is 0.467. The number of aliphatic hydroxyl groups is 1. The van der Waals surface area contributed by atoms with Gasteiger partial charge in [-0.2, -0.15) is 0 Å². The fourth-order valence-corrected chi connectivity index (χ4v) is 4.76. The summed E-state index contributed by atoms with van der Waals surface area (Å²) in [5.74, 6) is 1.76. The second kappa shape index (κ2) is 5.52. The summed E-state index contributed by atoms with van der Waals surface area (Å²) in [6.45, 7) is 4.60. The van der Waals surface area contributed by atoms with E-state index in [9.17, 15) is 5.11 Å². The zero-order valence-corrected chi connectivity index (χ0v) is 12.9. The normalized spacial score (nSPS) is 37.5. The Morgan fingerprint density at radius 3 is 2.70 bits per heavy atom. The average Bonchev–Trinajstić information content (AvgIpc) is 2.51. The topological polar surface area (TPSA) is 20.2 Å². The summed E-state index contributed by atoms with van der Waals surface area (Å²) in [6.07, 6.45) is 8.45. The average molecular weight is 272 g/mol. The van der Waals surface area contributed by atoms with Gasteiger partial charge in [-0.05, 0) is 48.1 Å². The summed E-state index contributed by atoms with van der Waals surface area (Å²) < 4.78 is 0. The molecule has 1 heteroatoms. The maximum absolute atomic E-state index is 11.6. The van der Waals surface area contributed by atoms with Gasteiger partial charge in [0.05, 0.1) is 5.60 Å². The van der Waals surface area contributed by atoms with Crippen molar-refractivity contribution in [2.75, 3.05) is 0 Å². The molecule has 2 aliphatic rings. The van der Waals surface area contributed by atoms with E-state index in [1.54, 1.807) is 0 Å². The third-order valence-corrected chi connectivity index (χ3v) is 5.96. The Morgan fingerprint density at radius 1 is 1.15 bits per heavy atom. The van der Waals surface area contributed by atoms with Crippen molar-refractivity contribution in [1.82, 2.24) is 0 Å². The minimum Gasteiger partial charge on any atom is -0.385 e. The third kappa shape index (κ3) is 2.20. The minimum atomic E-state index is -0.565. The van der Waals surface area contributed by atoms with Crippen molar-refractivity contribution < 1.29 is 5.11 Å². The number of fused-ring (bicyclic) bond motifs is 1. The zero-order chi connectivity index (χ0) is 14.2. The Labute approximate surface area is 123 Å². The first-order chi connectivity index (χ1) is 9.66. The van der Waals surface area contributed by atoms with Crippen molar-refractivity contribution in [3.63, 3.8) is 0 Å². The van der Waals surface area contributed by atoms with Crippen LogP contribution in [0.3, 0.4) is 0 Å². The van der Waals surface area contributed by atoms with Gasteiger partial charge in [-0.3, -0.25) is 0 Å². The van der Waals surface area contributed by atoms with Crippen molar-refractivity contribution in [2.24, 2.45) is 11.8 Å². The summed E-state index contributed by atoms with van der Waals surface area (Å²) >= 11 is 0. The molecule has 0 saturated heterocycles. The molecule has 1 aromatic carbocycles. The molecule has 1 nitrogen and oxygen atoms in total. The number of benzene rings is 1. The van der Waals surface area contributed by atoms with Gasteiger partial charge in [0.1, 0.15) is 0 Å². The van der Waals surface area contributed by atoms with Gasteiger partial charge in [0.15, 0.2) is 0 Å². The first-order valence-electron chi connectivity index (χ1n) is 8.48. The van der Waals surface area contributed by atoms with Gasteiger partial charge in [0.25, 0.3) is 0 Å². The fraction of sp³-hybridized carbons (Fsp3) is 0.684. The van der Waals surface area contributed by atoms with Crippen molar-refractivity contribution in [1.29, 1.82) is 0 Å². The molecule has 4 atom stereocenters. The van der Waals surface area contributed by atoms with Crippen molar-refractivity contribution in [3.05, 3.63) is 35.4 Å². The first kappa shape index (κ1) is 14.1. The Kier molecular flexibility index (Phi) is 3.90. The predicted octanol–water partition coefficient (Wildman–Crippen LogP) is 4.99. The van der Waals surface area contributed by atoms with E-state index in [1.165, 1.54) is 43.2 Å². The molecule has 4 unspecified atom stereocenters. The molecular formula is C19H28O. The molecule has 0 radical (unpaired) electrons. The highest BCUT2D eigenvalue weighted by Gasteiger charge is 2.46. The summed E-state index contributed by atoms with van der Waals surface area (Å²) in [7, 11) is 0. The van der Waals surface area contributed by atoms with E-state index < -0.39 is 5.60 Å². The Bertz CT molecular complexity index is 467. The zero-order valence-electron chi connectivity index (χ0n) is 12.9. The van der Waals surface area contributed by atoms with E-state index in [-0.39, 0.29) is 0 Å². The monoisotopic (exact) mass is 272 g/mol. The second-order valence-corrected chi connectivity index (χ2v) is 7.01. The molecule has 0 aliphatic heterocycles. The molecular weight excluding hydrogens is 244 g/mol. The van der Waals surface area contributed by atoms with Crippen LogP contribution in [0.15, 0.2) is 24.3 Å². The van der Waals surface area contributed by atoms with Crippen LogP contribution < -0.4 is 0 Å². The van der Waals surface area contributed by atoms with Crippen molar-refractivity contribution in [2.45, 2.75) is 70.3 Å². The SMILES string of the molecule is CCC1CCCCC1C1(O)CCC(C)c2ccccc21. The van der Waals surface area contributed by atoms with E-state index in [2.05, 4.69) is 38.1 Å². The largest absolute Gasteiger partial charge is 0.385 e. The predicted molar refractivity (Wildman–Crippen MR) is 83.7 cm³/mol. The molecule has 0 heterocycles. The molecule has 0 bridgehead atoms. The molecule has 0 aromatic heterocycles. The molecule has 2 aliphatic carbocycles. The van der Waals surface area contributed by atoms with Crippen LogP contribution in [0.5, 0.6) is 0 Å². The van der Waals surface area contributed by atoms with Gasteiger partial charge < -0.3 is 5.11 Å². The van der Waals surface area contributed by atoms with Crippen LogP contribution in [0.2, 0.25) is 0 Å². The second-order valence-electron chi connectivity index (χ2n) is 7.01. The van der Waals surface area contributed by atoms with E-state index in [1.807, 2.05) is 0 Å². The van der Waals surface area contributed by atoms with E-state index in [4.69, 9.17) is 0 Å². The van der Waals surface area contributed by atoms with Gasteiger partial charge >= 0.3 is 0 Å². The summed E-state index contributed by atoms with van der Waals surface area (Å²) in [6, 6.07) is 8.64. The summed E-state index contributed by atoms with van der Waals surface area (Å²) in [5.41, 5.74) is 2.07. The lowest BCUT2D eigenvalue weighted by Gasteiger charge is -2.47. The number of hydrogen-bond acceptors (Lipinski definition) is 1. The fourth-order valence-electron chi connectivity index (χ4n) is 4.76. The smallest absolute Gasteiger partial charge is 0.0930 e.